The monoisotopic (exact) mass is 387 g/mol. The Kier molecular flexibility index (Phi) is 7.18. The molecule has 0 atom stereocenters. The molecular weight excluding hydrogens is 366 g/mol. The van der Waals surface area contributed by atoms with Gasteiger partial charge < -0.3 is 8.92 Å². The van der Waals surface area contributed by atoms with E-state index in [1.165, 1.54) is 17.6 Å². The summed E-state index contributed by atoms with van der Waals surface area (Å²) < 4.78 is 11.5. The average Bonchev–Trinajstić information content (AvgIpc) is 2.65. The van der Waals surface area contributed by atoms with Gasteiger partial charge in [0.05, 0.1) is 13.2 Å². The van der Waals surface area contributed by atoms with Gasteiger partial charge in [0, 0.05) is 28.5 Å². The standard InChI is InChI=1S/C21H22ClNO2S/c1-16-5-8-19(9-6-16)26-25-14-4-2-3-13-24-18-7-10-20-17(15-18)11-12-23-21(20)22/h5-12,15H,2-4,13-14H2,1H3. The number of nitrogens with zero attached hydrogens (tertiary/aromatic N) is 1. The third kappa shape index (κ3) is 5.63. The van der Waals surface area contributed by atoms with E-state index in [1.54, 1.807) is 6.20 Å². The molecule has 3 aromatic rings. The number of unbranched alkanes of at least 4 members (excludes halogenated alkanes) is 2. The highest BCUT2D eigenvalue weighted by molar-refractivity contribution is 7.94. The summed E-state index contributed by atoms with van der Waals surface area (Å²) in [4.78, 5) is 5.23. The average molecular weight is 388 g/mol. The summed E-state index contributed by atoms with van der Waals surface area (Å²) in [6.07, 6.45) is 4.83. The minimum Gasteiger partial charge on any atom is -0.494 e. The third-order valence-corrected chi connectivity index (χ3v) is 5.05. The number of aryl methyl sites for hydroxylation is 1. The Morgan fingerprint density at radius 1 is 0.962 bits per heavy atom. The van der Waals surface area contributed by atoms with Crippen LogP contribution in [0.5, 0.6) is 5.75 Å². The van der Waals surface area contributed by atoms with E-state index in [9.17, 15) is 0 Å². The summed E-state index contributed by atoms with van der Waals surface area (Å²) in [6.45, 7) is 3.54. The van der Waals surface area contributed by atoms with Crippen LogP contribution in [0.4, 0.5) is 0 Å². The first-order valence-corrected chi connectivity index (χ1v) is 9.87. The zero-order valence-electron chi connectivity index (χ0n) is 14.8. The second-order valence-corrected chi connectivity index (χ2v) is 7.34. The summed E-state index contributed by atoms with van der Waals surface area (Å²) >= 11 is 7.52. The minimum atomic E-state index is 0.526. The van der Waals surface area contributed by atoms with Crippen molar-refractivity contribution >= 4 is 34.4 Å². The zero-order valence-corrected chi connectivity index (χ0v) is 16.4. The maximum atomic E-state index is 6.08. The van der Waals surface area contributed by atoms with Gasteiger partial charge in [-0.05, 0) is 68.0 Å². The molecule has 0 saturated heterocycles. The van der Waals surface area contributed by atoms with Crippen molar-refractivity contribution < 1.29 is 8.92 Å². The van der Waals surface area contributed by atoms with Crippen LogP contribution in [-0.2, 0) is 4.18 Å². The maximum Gasteiger partial charge on any atom is 0.136 e. The molecule has 0 N–H and O–H groups in total. The van der Waals surface area contributed by atoms with Gasteiger partial charge >= 0.3 is 0 Å². The summed E-state index contributed by atoms with van der Waals surface area (Å²) in [5, 5.41) is 2.52. The molecule has 5 heteroatoms. The summed E-state index contributed by atoms with van der Waals surface area (Å²) in [6, 6.07) is 16.2. The normalized spacial score (nSPS) is 11.0. The second kappa shape index (κ2) is 9.81. The third-order valence-electron chi connectivity index (χ3n) is 4.00. The summed E-state index contributed by atoms with van der Waals surface area (Å²) in [7, 11) is 0. The number of aromatic nitrogens is 1. The highest BCUT2D eigenvalue weighted by Gasteiger charge is 2.02. The molecule has 0 fully saturated rings. The van der Waals surface area contributed by atoms with Crippen molar-refractivity contribution in [1.29, 1.82) is 0 Å². The van der Waals surface area contributed by atoms with E-state index in [4.69, 9.17) is 20.5 Å². The first kappa shape index (κ1) is 19.0. The van der Waals surface area contributed by atoms with Crippen LogP contribution in [-0.4, -0.2) is 18.2 Å². The Bertz CT molecular complexity index is 839. The van der Waals surface area contributed by atoms with Crippen LogP contribution < -0.4 is 4.74 Å². The number of pyridine rings is 1. The molecule has 0 unspecified atom stereocenters. The first-order chi connectivity index (χ1) is 12.7. The predicted octanol–water partition coefficient (Wildman–Crippen LogP) is 6.47. The van der Waals surface area contributed by atoms with Gasteiger partial charge in [0.1, 0.15) is 10.9 Å². The Morgan fingerprint density at radius 3 is 2.62 bits per heavy atom. The smallest absolute Gasteiger partial charge is 0.136 e. The molecule has 26 heavy (non-hydrogen) atoms. The van der Waals surface area contributed by atoms with Gasteiger partial charge in [-0.15, -0.1) is 0 Å². The Morgan fingerprint density at radius 2 is 1.77 bits per heavy atom. The Hall–Kier alpha value is -1.75. The van der Waals surface area contributed by atoms with Gasteiger partial charge in [-0.25, -0.2) is 4.98 Å². The van der Waals surface area contributed by atoms with Crippen molar-refractivity contribution in [2.45, 2.75) is 31.1 Å². The number of hydrogen-bond acceptors (Lipinski definition) is 4. The molecule has 136 valence electrons. The highest BCUT2D eigenvalue weighted by atomic mass is 35.5. The molecule has 0 aliphatic rings. The zero-order chi connectivity index (χ0) is 18.2. The van der Waals surface area contributed by atoms with Gasteiger partial charge in [-0.2, -0.15) is 0 Å². The number of fused-ring (bicyclic) bond motifs is 1. The number of ether oxygens (including phenoxy) is 1. The van der Waals surface area contributed by atoms with Crippen LogP contribution >= 0.6 is 23.6 Å². The molecule has 0 aliphatic carbocycles. The van der Waals surface area contributed by atoms with Crippen LogP contribution in [0.25, 0.3) is 10.8 Å². The Balaban J connectivity index is 1.30. The molecule has 0 aliphatic heterocycles. The lowest BCUT2D eigenvalue weighted by atomic mass is 10.2. The lowest BCUT2D eigenvalue weighted by Crippen LogP contribution is -1.98. The highest BCUT2D eigenvalue weighted by Crippen LogP contribution is 2.25. The predicted molar refractivity (Wildman–Crippen MR) is 109 cm³/mol. The number of hydrogen-bond donors (Lipinski definition) is 0. The van der Waals surface area contributed by atoms with Gasteiger partial charge in [-0.3, -0.25) is 0 Å². The van der Waals surface area contributed by atoms with Gasteiger partial charge in [-0.1, -0.05) is 29.3 Å². The van der Waals surface area contributed by atoms with Gasteiger partial charge in [0.2, 0.25) is 0 Å². The number of rotatable bonds is 9. The van der Waals surface area contributed by atoms with E-state index < -0.39 is 0 Å². The van der Waals surface area contributed by atoms with Gasteiger partial charge in [0.25, 0.3) is 0 Å². The van der Waals surface area contributed by atoms with Crippen molar-refractivity contribution in [2.24, 2.45) is 0 Å². The van der Waals surface area contributed by atoms with Crippen molar-refractivity contribution in [3.63, 3.8) is 0 Å². The molecule has 0 bridgehead atoms. The van der Waals surface area contributed by atoms with E-state index in [-0.39, 0.29) is 0 Å². The topological polar surface area (TPSA) is 31.4 Å². The molecule has 2 aromatic carbocycles. The van der Waals surface area contributed by atoms with Crippen LogP contribution in [0.15, 0.2) is 59.6 Å². The van der Waals surface area contributed by atoms with E-state index in [0.717, 1.165) is 47.3 Å². The second-order valence-electron chi connectivity index (χ2n) is 6.11. The summed E-state index contributed by atoms with van der Waals surface area (Å²) in [5.74, 6) is 0.867. The molecule has 3 rings (SSSR count). The van der Waals surface area contributed by atoms with Crippen molar-refractivity contribution in [3.8, 4) is 5.75 Å². The lowest BCUT2D eigenvalue weighted by molar-refractivity contribution is 0.294. The van der Waals surface area contributed by atoms with Crippen molar-refractivity contribution in [2.75, 3.05) is 13.2 Å². The molecule has 0 amide bonds. The van der Waals surface area contributed by atoms with Crippen LogP contribution in [0, 0.1) is 6.92 Å². The maximum absolute atomic E-state index is 6.08. The summed E-state index contributed by atoms with van der Waals surface area (Å²) in [5.41, 5.74) is 1.26. The fourth-order valence-electron chi connectivity index (χ4n) is 2.54. The quantitative estimate of drug-likeness (QED) is 0.239. The number of halogens is 1. The SMILES string of the molecule is Cc1ccc(SOCCCCCOc2ccc3c(Cl)nccc3c2)cc1. The Labute approximate surface area is 163 Å². The molecule has 1 aromatic heterocycles. The fraction of sp³-hybridized carbons (Fsp3) is 0.286. The molecule has 0 saturated carbocycles. The van der Waals surface area contributed by atoms with Crippen LogP contribution in [0.2, 0.25) is 5.15 Å². The van der Waals surface area contributed by atoms with E-state index in [2.05, 4.69) is 36.2 Å². The molecule has 3 nitrogen and oxygen atoms in total. The molecule has 1 heterocycles. The molecule has 0 spiro atoms. The fourth-order valence-corrected chi connectivity index (χ4v) is 3.36. The largest absolute Gasteiger partial charge is 0.494 e. The van der Waals surface area contributed by atoms with Crippen molar-refractivity contribution in [3.05, 3.63) is 65.4 Å². The minimum absolute atomic E-state index is 0.526. The van der Waals surface area contributed by atoms with Gasteiger partial charge in [0.15, 0.2) is 0 Å². The van der Waals surface area contributed by atoms with Crippen LogP contribution in [0.3, 0.4) is 0 Å². The van der Waals surface area contributed by atoms with Crippen molar-refractivity contribution in [1.82, 2.24) is 4.98 Å². The van der Waals surface area contributed by atoms with Crippen LogP contribution in [0.1, 0.15) is 24.8 Å². The van der Waals surface area contributed by atoms with E-state index in [0.29, 0.717) is 11.8 Å². The molecular formula is C21H22ClNO2S. The molecule has 0 radical (unpaired) electrons. The van der Waals surface area contributed by atoms with E-state index in [1.807, 2.05) is 24.3 Å². The lowest BCUT2D eigenvalue weighted by Gasteiger charge is -2.08. The number of benzene rings is 2. The van der Waals surface area contributed by atoms with E-state index >= 15 is 0 Å². The first-order valence-electron chi connectivity index (χ1n) is 8.75.